The van der Waals surface area contributed by atoms with Crippen LogP contribution in [-0.4, -0.2) is 34.1 Å². The molecule has 3 rings (SSSR count). The van der Waals surface area contributed by atoms with Crippen molar-refractivity contribution in [3.8, 4) is 5.75 Å². The molecule has 0 bridgehead atoms. The summed E-state index contributed by atoms with van der Waals surface area (Å²) in [6.45, 7) is 2.76. The maximum absolute atomic E-state index is 11.2. The molecule has 1 aliphatic rings. The zero-order valence-corrected chi connectivity index (χ0v) is 13.4. The van der Waals surface area contributed by atoms with Gasteiger partial charge in [0.25, 0.3) is 5.69 Å². The highest BCUT2D eigenvalue weighted by Crippen LogP contribution is 2.30. The number of phenols is 1. The number of nitrogens with one attached hydrogen (secondary N) is 1. The van der Waals surface area contributed by atoms with E-state index in [4.69, 9.17) is 0 Å². The lowest BCUT2D eigenvalue weighted by Gasteiger charge is -2.33. The molecule has 0 spiro atoms. The summed E-state index contributed by atoms with van der Waals surface area (Å²) >= 11 is 0. The van der Waals surface area contributed by atoms with Gasteiger partial charge in [0.05, 0.1) is 11.0 Å². The quantitative estimate of drug-likeness (QED) is 0.500. The van der Waals surface area contributed by atoms with Gasteiger partial charge >= 0.3 is 0 Å². The van der Waals surface area contributed by atoms with Crippen LogP contribution in [0.5, 0.6) is 5.75 Å². The molecule has 2 aromatic rings. The number of likely N-dealkylation sites (tertiary alicyclic amines) is 1. The molecule has 0 aromatic heterocycles. The number of benzene rings is 2. The molecule has 1 heterocycles. The molecule has 6 nitrogen and oxygen atoms in total. The number of rotatable bonds is 5. The van der Waals surface area contributed by atoms with Crippen molar-refractivity contribution < 1.29 is 10.0 Å². The SMILES string of the molecule is O=[N+]([O-])c1cc(O)ccc1NC1CCCN(Cc2ccccc2)C1. The van der Waals surface area contributed by atoms with Gasteiger partial charge in [-0.25, -0.2) is 0 Å². The van der Waals surface area contributed by atoms with E-state index in [0.29, 0.717) is 5.69 Å². The smallest absolute Gasteiger partial charge is 0.296 e. The Labute approximate surface area is 140 Å². The lowest BCUT2D eigenvalue weighted by atomic mass is 10.0. The van der Waals surface area contributed by atoms with Crippen LogP contribution < -0.4 is 5.32 Å². The Hall–Kier alpha value is -2.60. The molecular formula is C18H21N3O3. The molecule has 2 aromatic carbocycles. The van der Waals surface area contributed by atoms with Crippen molar-refractivity contribution in [3.63, 3.8) is 0 Å². The van der Waals surface area contributed by atoms with Gasteiger partial charge in [-0.2, -0.15) is 0 Å². The molecule has 1 unspecified atom stereocenters. The Kier molecular flexibility index (Phi) is 4.96. The molecule has 126 valence electrons. The zero-order chi connectivity index (χ0) is 16.9. The number of phenolic OH excluding ortho intramolecular Hbond substituents is 1. The topological polar surface area (TPSA) is 78.6 Å². The third-order valence-corrected chi connectivity index (χ3v) is 4.29. The second-order valence-electron chi connectivity index (χ2n) is 6.16. The lowest BCUT2D eigenvalue weighted by molar-refractivity contribution is -0.384. The van der Waals surface area contributed by atoms with Crippen LogP contribution in [0.25, 0.3) is 0 Å². The van der Waals surface area contributed by atoms with Crippen LogP contribution >= 0.6 is 0 Å². The summed E-state index contributed by atoms with van der Waals surface area (Å²) in [5.41, 5.74) is 1.65. The number of hydrogen-bond donors (Lipinski definition) is 2. The Morgan fingerprint density at radius 1 is 1.25 bits per heavy atom. The minimum absolute atomic E-state index is 0.0878. The summed E-state index contributed by atoms with van der Waals surface area (Å²) in [7, 11) is 0. The number of nitro groups is 1. The first-order valence-corrected chi connectivity index (χ1v) is 8.12. The summed E-state index contributed by atoms with van der Waals surface area (Å²) in [4.78, 5) is 13.1. The third kappa shape index (κ3) is 4.02. The van der Waals surface area contributed by atoms with E-state index in [0.717, 1.165) is 32.5 Å². The van der Waals surface area contributed by atoms with E-state index in [1.54, 1.807) is 6.07 Å². The molecule has 0 saturated carbocycles. The highest BCUT2D eigenvalue weighted by Gasteiger charge is 2.23. The Bertz CT molecular complexity index is 706. The van der Waals surface area contributed by atoms with Crippen LogP contribution in [0.1, 0.15) is 18.4 Å². The first-order chi connectivity index (χ1) is 11.6. The van der Waals surface area contributed by atoms with Gasteiger partial charge < -0.3 is 10.4 Å². The number of hydrogen-bond acceptors (Lipinski definition) is 5. The molecule has 6 heteroatoms. The van der Waals surface area contributed by atoms with Gasteiger partial charge in [-0.15, -0.1) is 0 Å². The van der Waals surface area contributed by atoms with E-state index in [1.807, 2.05) is 18.2 Å². The van der Waals surface area contributed by atoms with Gasteiger partial charge in [-0.1, -0.05) is 30.3 Å². The van der Waals surface area contributed by atoms with E-state index in [2.05, 4.69) is 22.3 Å². The van der Waals surface area contributed by atoms with Crippen LogP contribution in [0, 0.1) is 10.1 Å². The molecule has 0 aliphatic carbocycles. The van der Waals surface area contributed by atoms with Gasteiger partial charge in [0.15, 0.2) is 0 Å². The number of nitro benzene ring substituents is 1. The van der Waals surface area contributed by atoms with Crippen LogP contribution in [0.15, 0.2) is 48.5 Å². The van der Waals surface area contributed by atoms with Crippen molar-refractivity contribution in [2.75, 3.05) is 18.4 Å². The minimum atomic E-state index is -0.466. The summed E-state index contributed by atoms with van der Waals surface area (Å²) in [6.07, 6.45) is 2.03. The molecule has 2 N–H and O–H groups in total. The summed E-state index contributed by atoms with van der Waals surface area (Å²) < 4.78 is 0. The van der Waals surface area contributed by atoms with E-state index in [9.17, 15) is 15.2 Å². The molecule has 0 radical (unpaired) electrons. The van der Waals surface area contributed by atoms with Gasteiger partial charge in [0.2, 0.25) is 0 Å². The first kappa shape index (κ1) is 16.3. The fourth-order valence-corrected chi connectivity index (χ4v) is 3.17. The second kappa shape index (κ2) is 7.31. The maximum Gasteiger partial charge on any atom is 0.296 e. The molecule has 0 amide bonds. The average Bonchev–Trinajstić information content (AvgIpc) is 2.57. The van der Waals surface area contributed by atoms with E-state index in [1.165, 1.54) is 17.7 Å². The van der Waals surface area contributed by atoms with Crippen molar-refractivity contribution >= 4 is 11.4 Å². The molecular weight excluding hydrogens is 306 g/mol. The van der Waals surface area contributed by atoms with Crippen molar-refractivity contribution in [1.29, 1.82) is 0 Å². The molecule has 1 aliphatic heterocycles. The Morgan fingerprint density at radius 2 is 2.04 bits per heavy atom. The molecule has 1 fully saturated rings. The minimum Gasteiger partial charge on any atom is -0.508 e. The molecule has 1 saturated heterocycles. The first-order valence-electron chi connectivity index (χ1n) is 8.12. The Balaban J connectivity index is 1.66. The fraction of sp³-hybridized carbons (Fsp3) is 0.333. The van der Waals surface area contributed by atoms with Crippen LogP contribution in [0.4, 0.5) is 11.4 Å². The third-order valence-electron chi connectivity index (χ3n) is 4.29. The number of anilines is 1. The van der Waals surface area contributed by atoms with Crippen molar-refractivity contribution in [1.82, 2.24) is 4.90 Å². The van der Waals surface area contributed by atoms with Crippen molar-refractivity contribution in [2.24, 2.45) is 0 Å². The highest BCUT2D eigenvalue weighted by molar-refractivity contribution is 5.64. The highest BCUT2D eigenvalue weighted by atomic mass is 16.6. The molecule has 24 heavy (non-hydrogen) atoms. The summed E-state index contributed by atoms with van der Waals surface area (Å²) in [5.74, 6) is -0.0957. The lowest BCUT2D eigenvalue weighted by Crippen LogP contribution is -2.41. The van der Waals surface area contributed by atoms with E-state index >= 15 is 0 Å². The monoisotopic (exact) mass is 327 g/mol. The Morgan fingerprint density at radius 3 is 2.79 bits per heavy atom. The standard InChI is InChI=1S/C18H21N3O3/c22-16-8-9-17(18(11-16)21(23)24)19-15-7-4-10-20(13-15)12-14-5-2-1-3-6-14/h1-3,5-6,8-9,11,15,19,22H,4,7,10,12-13H2. The average molecular weight is 327 g/mol. The van der Waals surface area contributed by atoms with Gasteiger partial charge in [0.1, 0.15) is 11.4 Å². The fourth-order valence-electron chi connectivity index (χ4n) is 3.17. The normalized spacial score (nSPS) is 18.2. The summed E-state index contributed by atoms with van der Waals surface area (Å²) in [6, 6.07) is 14.7. The molecule has 1 atom stereocenters. The van der Waals surface area contributed by atoms with E-state index < -0.39 is 4.92 Å². The van der Waals surface area contributed by atoms with Gasteiger partial charge in [0, 0.05) is 19.1 Å². The zero-order valence-electron chi connectivity index (χ0n) is 13.4. The number of aromatic hydroxyl groups is 1. The van der Waals surface area contributed by atoms with Gasteiger partial charge in [-0.3, -0.25) is 15.0 Å². The predicted molar refractivity (Wildman–Crippen MR) is 93.1 cm³/mol. The maximum atomic E-state index is 11.2. The van der Waals surface area contributed by atoms with Crippen LogP contribution in [-0.2, 0) is 6.54 Å². The number of piperidine rings is 1. The number of nitrogens with zero attached hydrogens (tertiary/aromatic N) is 2. The van der Waals surface area contributed by atoms with Gasteiger partial charge in [-0.05, 0) is 37.1 Å². The van der Waals surface area contributed by atoms with Crippen LogP contribution in [0.3, 0.4) is 0 Å². The van der Waals surface area contributed by atoms with Crippen molar-refractivity contribution in [2.45, 2.75) is 25.4 Å². The predicted octanol–water partition coefficient (Wildman–Crippen LogP) is 3.38. The summed E-state index contributed by atoms with van der Waals surface area (Å²) in [5, 5.41) is 23.9. The van der Waals surface area contributed by atoms with Crippen molar-refractivity contribution in [3.05, 3.63) is 64.2 Å². The largest absolute Gasteiger partial charge is 0.508 e. The second-order valence-corrected chi connectivity index (χ2v) is 6.16. The van der Waals surface area contributed by atoms with Crippen LogP contribution in [0.2, 0.25) is 0 Å². The van der Waals surface area contributed by atoms with E-state index in [-0.39, 0.29) is 17.5 Å².